The number of carbonyl (C=O) groups is 1. The zero-order valence-corrected chi connectivity index (χ0v) is 13.5. The molecule has 0 N–H and O–H groups in total. The highest BCUT2D eigenvalue weighted by Crippen LogP contribution is 2.44. The maximum Gasteiger partial charge on any atom is 0.223 e. The van der Waals surface area contributed by atoms with Gasteiger partial charge in [0.2, 0.25) is 5.91 Å². The minimum atomic E-state index is -0.359. The molecule has 2 fully saturated rings. The quantitative estimate of drug-likeness (QED) is 0.708. The Bertz CT molecular complexity index is 508. The van der Waals surface area contributed by atoms with Gasteiger partial charge >= 0.3 is 0 Å². The van der Waals surface area contributed by atoms with Crippen LogP contribution in [0.5, 0.6) is 0 Å². The Kier molecular flexibility index (Phi) is 3.98. The first-order valence-electron chi connectivity index (χ1n) is 8.26. The Hall–Kier alpha value is -1.41. The Morgan fingerprint density at radius 3 is 2.73 bits per heavy atom. The molecule has 2 unspecified atom stereocenters. The molecule has 0 saturated carbocycles. The molecule has 120 valence electrons. The van der Waals surface area contributed by atoms with Crippen LogP contribution in [-0.2, 0) is 9.53 Å². The lowest BCUT2D eigenvalue weighted by Gasteiger charge is -2.56. The molecule has 0 aromatic heterocycles. The Labute approximate surface area is 132 Å². The number of carbonyl (C=O) groups excluding carboxylic acids is 1. The fourth-order valence-corrected chi connectivity index (χ4v) is 3.86. The zero-order valence-electron chi connectivity index (χ0n) is 13.5. The van der Waals surface area contributed by atoms with Gasteiger partial charge in [-0.25, -0.2) is 0 Å². The first-order chi connectivity index (χ1) is 10.5. The van der Waals surface area contributed by atoms with Gasteiger partial charge in [-0.2, -0.15) is 10.2 Å². The van der Waals surface area contributed by atoms with E-state index in [4.69, 9.17) is 11.2 Å². The van der Waals surface area contributed by atoms with Crippen LogP contribution in [0.25, 0.3) is 0 Å². The molecular formula is C17H25N3O2. The van der Waals surface area contributed by atoms with Crippen LogP contribution in [0.3, 0.4) is 0 Å². The molecule has 3 heterocycles. The van der Waals surface area contributed by atoms with Crippen molar-refractivity contribution < 1.29 is 9.53 Å². The topological polar surface area (TPSA) is 54.3 Å². The molecule has 5 heteroatoms. The summed E-state index contributed by atoms with van der Waals surface area (Å²) in [6.45, 7) is 6.10. The summed E-state index contributed by atoms with van der Waals surface area (Å²) < 4.78 is 5.83. The second-order valence-electron chi connectivity index (χ2n) is 7.39. The maximum atomic E-state index is 12.6. The third kappa shape index (κ3) is 2.89. The second kappa shape index (κ2) is 5.66. The number of rotatable bonds is 6. The summed E-state index contributed by atoms with van der Waals surface area (Å²) in [5, 5.41) is 8.21. The van der Waals surface area contributed by atoms with E-state index in [0.717, 1.165) is 32.4 Å². The highest BCUT2D eigenvalue weighted by molar-refractivity contribution is 5.78. The fraction of sp³-hybridized carbons (Fsp3) is 0.824. The normalized spacial score (nSPS) is 30.7. The van der Waals surface area contributed by atoms with E-state index in [1.807, 2.05) is 4.90 Å². The van der Waals surface area contributed by atoms with E-state index in [1.165, 1.54) is 0 Å². The summed E-state index contributed by atoms with van der Waals surface area (Å²) in [5.41, 5.74) is -0.206. The summed E-state index contributed by atoms with van der Waals surface area (Å²) >= 11 is 0. The SMILES string of the molecule is C#CCCC1(CCC(=O)N2CC(C)(C)C2C2CCCO2)N=N1. The van der Waals surface area contributed by atoms with Crippen LogP contribution in [0.4, 0.5) is 0 Å². The zero-order chi connectivity index (χ0) is 15.8. The van der Waals surface area contributed by atoms with E-state index in [-0.39, 0.29) is 29.1 Å². The van der Waals surface area contributed by atoms with Crippen LogP contribution in [0, 0.1) is 17.8 Å². The fourth-order valence-electron chi connectivity index (χ4n) is 3.86. The van der Waals surface area contributed by atoms with Crippen molar-refractivity contribution in [2.24, 2.45) is 15.6 Å². The molecule has 1 amide bonds. The summed E-state index contributed by atoms with van der Waals surface area (Å²) in [5.74, 6) is 2.83. The first kappa shape index (κ1) is 15.5. The van der Waals surface area contributed by atoms with Gasteiger partial charge in [-0.1, -0.05) is 13.8 Å². The van der Waals surface area contributed by atoms with Crippen molar-refractivity contribution >= 4 is 5.91 Å². The van der Waals surface area contributed by atoms with Gasteiger partial charge in [-0.05, 0) is 12.8 Å². The highest BCUT2D eigenvalue weighted by atomic mass is 16.5. The van der Waals surface area contributed by atoms with E-state index in [0.29, 0.717) is 19.3 Å². The third-order valence-corrected chi connectivity index (χ3v) is 5.14. The molecule has 0 radical (unpaired) electrons. The van der Waals surface area contributed by atoms with Gasteiger partial charge in [0.15, 0.2) is 5.66 Å². The minimum Gasteiger partial charge on any atom is -0.376 e. The van der Waals surface area contributed by atoms with Crippen molar-refractivity contribution in [3.05, 3.63) is 0 Å². The van der Waals surface area contributed by atoms with E-state index in [2.05, 4.69) is 30.0 Å². The van der Waals surface area contributed by atoms with Gasteiger partial charge in [-0.3, -0.25) is 4.79 Å². The van der Waals surface area contributed by atoms with Crippen molar-refractivity contribution in [2.45, 2.75) is 70.2 Å². The van der Waals surface area contributed by atoms with E-state index in [9.17, 15) is 4.79 Å². The first-order valence-corrected chi connectivity index (χ1v) is 8.26. The summed E-state index contributed by atoms with van der Waals surface area (Å²) in [7, 11) is 0. The molecule has 2 saturated heterocycles. The van der Waals surface area contributed by atoms with Crippen LogP contribution in [-0.4, -0.2) is 41.8 Å². The average Bonchev–Trinajstić information content (AvgIpc) is 3.06. The van der Waals surface area contributed by atoms with Crippen LogP contribution in [0.2, 0.25) is 0 Å². The smallest absolute Gasteiger partial charge is 0.223 e. The number of terminal acetylenes is 1. The lowest BCUT2D eigenvalue weighted by Crippen LogP contribution is -2.68. The van der Waals surface area contributed by atoms with Gasteiger partial charge in [0.1, 0.15) is 0 Å². The molecule has 22 heavy (non-hydrogen) atoms. The lowest BCUT2D eigenvalue weighted by molar-refractivity contribution is -0.164. The summed E-state index contributed by atoms with van der Waals surface area (Å²) in [6, 6.07) is 0.220. The van der Waals surface area contributed by atoms with Crippen molar-refractivity contribution in [1.82, 2.24) is 4.90 Å². The predicted octanol–water partition coefficient (Wildman–Crippen LogP) is 2.76. The highest BCUT2D eigenvalue weighted by Gasteiger charge is 2.53. The van der Waals surface area contributed by atoms with Crippen LogP contribution < -0.4 is 0 Å². The van der Waals surface area contributed by atoms with E-state index in [1.54, 1.807) is 0 Å². The molecule has 5 nitrogen and oxygen atoms in total. The minimum absolute atomic E-state index is 0.153. The molecule has 0 aliphatic carbocycles. The molecule has 2 atom stereocenters. The van der Waals surface area contributed by atoms with Crippen molar-refractivity contribution in [3.8, 4) is 12.3 Å². The second-order valence-corrected chi connectivity index (χ2v) is 7.39. The number of nitrogens with zero attached hydrogens (tertiary/aromatic N) is 3. The van der Waals surface area contributed by atoms with Crippen LogP contribution in [0.15, 0.2) is 10.2 Å². The van der Waals surface area contributed by atoms with Crippen molar-refractivity contribution in [3.63, 3.8) is 0 Å². The molecule has 0 aromatic rings. The number of ether oxygens (including phenoxy) is 1. The van der Waals surface area contributed by atoms with Gasteiger partial charge < -0.3 is 9.64 Å². The van der Waals surface area contributed by atoms with Gasteiger partial charge in [-0.15, -0.1) is 12.3 Å². The molecule has 3 aliphatic rings. The standard InChI is InChI=1S/C17H25N3O2/c1-4-5-9-17(18-19-17)10-8-14(21)20-12-16(2,3)15(20)13-7-6-11-22-13/h1,13,15H,5-12H2,2-3H3. The van der Waals surface area contributed by atoms with Crippen molar-refractivity contribution in [2.75, 3.05) is 13.2 Å². The summed E-state index contributed by atoms with van der Waals surface area (Å²) in [6.07, 6.45) is 10.3. The maximum absolute atomic E-state index is 12.6. The van der Waals surface area contributed by atoms with Gasteiger partial charge in [0, 0.05) is 44.2 Å². The molecule has 0 bridgehead atoms. The van der Waals surface area contributed by atoms with Crippen LogP contribution >= 0.6 is 0 Å². The lowest BCUT2D eigenvalue weighted by atomic mass is 9.71. The molecule has 0 spiro atoms. The van der Waals surface area contributed by atoms with Gasteiger partial charge in [0.05, 0.1) is 12.1 Å². The predicted molar refractivity (Wildman–Crippen MR) is 83.1 cm³/mol. The number of hydrogen-bond acceptors (Lipinski definition) is 4. The third-order valence-electron chi connectivity index (χ3n) is 5.14. The Balaban J connectivity index is 1.53. The Morgan fingerprint density at radius 1 is 1.41 bits per heavy atom. The number of hydrogen-bond donors (Lipinski definition) is 0. The van der Waals surface area contributed by atoms with Crippen LogP contribution in [0.1, 0.15) is 52.4 Å². The number of amides is 1. The average molecular weight is 303 g/mol. The van der Waals surface area contributed by atoms with Gasteiger partial charge in [0.25, 0.3) is 0 Å². The van der Waals surface area contributed by atoms with E-state index >= 15 is 0 Å². The monoisotopic (exact) mass is 303 g/mol. The Morgan fingerprint density at radius 2 is 2.18 bits per heavy atom. The molecule has 3 aliphatic heterocycles. The van der Waals surface area contributed by atoms with Crippen molar-refractivity contribution in [1.29, 1.82) is 0 Å². The largest absolute Gasteiger partial charge is 0.376 e. The molecule has 3 rings (SSSR count). The van der Waals surface area contributed by atoms with E-state index < -0.39 is 0 Å². The summed E-state index contributed by atoms with van der Waals surface area (Å²) in [4.78, 5) is 14.6. The number of likely N-dealkylation sites (tertiary alicyclic amines) is 1. The molecule has 0 aromatic carbocycles. The molecular weight excluding hydrogens is 278 g/mol.